The molecule has 0 unspecified atom stereocenters. The maximum Gasteiger partial charge on any atom is 0.409 e. The van der Waals surface area contributed by atoms with Gasteiger partial charge in [-0.15, -0.1) is 0 Å². The van der Waals surface area contributed by atoms with E-state index in [2.05, 4.69) is 20.2 Å². The molecular weight excluding hydrogens is 349 g/mol. The summed E-state index contributed by atoms with van der Waals surface area (Å²) < 4.78 is 18.0. The number of ether oxygens (including phenoxy) is 1. The van der Waals surface area contributed by atoms with E-state index in [-0.39, 0.29) is 11.9 Å². The van der Waals surface area contributed by atoms with E-state index in [1.165, 1.54) is 12.1 Å². The molecule has 3 rings (SSSR count). The van der Waals surface area contributed by atoms with Crippen LogP contribution in [0.5, 0.6) is 0 Å². The van der Waals surface area contributed by atoms with Crippen molar-refractivity contribution in [2.24, 2.45) is 0 Å². The summed E-state index contributed by atoms with van der Waals surface area (Å²) in [6.45, 7) is 5.38. The molecule has 0 aliphatic carbocycles. The SMILES string of the molecule is CCOC(=O)N1CCN(c2nccc(NCCc3ccc(F)cc3)n2)CC1. The van der Waals surface area contributed by atoms with Crippen LogP contribution in [0.25, 0.3) is 0 Å². The number of nitrogens with zero attached hydrogens (tertiary/aromatic N) is 4. The normalized spacial score (nSPS) is 14.1. The molecule has 27 heavy (non-hydrogen) atoms. The highest BCUT2D eigenvalue weighted by Gasteiger charge is 2.23. The van der Waals surface area contributed by atoms with Crippen LogP contribution in [0.4, 0.5) is 21.0 Å². The molecule has 1 amide bonds. The summed E-state index contributed by atoms with van der Waals surface area (Å²) in [6, 6.07) is 8.32. The van der Waals surface area contributed by atoms with Gasteiger partial charge in [-0.3, -0.25) is 0 Å². The molecule has 1 aromatic heterocycles. The predicted octanol–water partition coefficient (Wildman–Crippen LogP) is 2.55. The topological polar surface area (TPSA) is 70.6 Å². The van der Waals surface area contributed by atoms with Crippen molar-refractivity contribution in [3.8, 4) is 0 Å². The Labute approximate surface area is 158 Å². The third kappa shape index (κ3) is 5.29. The van der Waals surface area contributed by atoms with Gasteiger partial charge in [-0.05, 0) is 37.1 Å². The van der Waals surface area contributed by atoms with Crippen LogP contribution in [0.3, 0.4) is 0 Å². The second-order valence-corrected chi connectivity index (χ2v) is 6.22. The predicted molar refractivity (Wildman–Crippen MR) is 101 cm³/mol. The molecular formula is C19H24FN5O2. The van der Waals surface area contributed by atoms with Crippen molar-refractivity contribution >= 4 is 17.9 Å². The Kier molecular flexibility index (Phi) is 6.40. The number of aromatic nitrogens is 2. The number of hydrogen-bond donors (Lipinski definition) is 1. The minimum Gasteiger partial charge on any atom is -0.450 e. The van der Waals surface area contributed by atoms with E-state index in [4.69, 9.17) is 4.74 Å². The zero-order valence-electron chi connectivity index (χ0n) is 15.4. The van der Waals surface area contributed by atoms with Crippen LogP contribution in [-0.4, -0.2) is 60.3 Å². The number of hydrogen-bond acceptors (Lipinski definition) is 6. The summed E-state index contributed by atoms with van der Waals surface area (Å²) >= 11 is 0. The van der Waals surface area contributed by atoms with E-state index >= 15 is 0 Å². The highest BCUT2D eigenvalue weighted by molar-refractivity contribution is 5.68. The summed E-state index contributed by atoms with van der Waals surface area (Å²) in [7, 11) is 0. The van der Waals surface area contributed by atoms with Crippen LogP contribution in [0.15, 0.2) is 36.5 Å². The largest absolute Gasteiger partial charge is 0.450 e. The van der Waals surface area contributed by atoms with E-state index in [0.29, 0.717) is 45.3 Å². The van der Waals surface area contributed by atoms with Gasteiger partial charge in [-0.25, -0.2) is 14.2 Å². The molecule has 144 valence electrons. The quantitative estimate of drug-likeness (QED) is 0.839. The molecule has 1 N–H and O–H groups in total. The first-order chi connectivity index (χ1) is 13.2. The zero-order chi connectivity index (χ0) is 19.1. The summed E-state index contributed by atoms with van der Waals surface area (Å²) in [5.74, 6) is 1.16. The van der Waals surface area contributed by atoms with Gasteiger partial charge in [-0.2, -0.15) is 4.98 Å². The van der Waals surface area contributed by atoms with Crippen LogP contribution < -0.4 is 10.2 Å². The number of nitrogens with one attached hydrogen (secondary N) is 1. The third-order valence-corrected chi connectivity index (χ3v) is 4.36. The number of benzene rings is 1. The van der Waals surface area contributed by atoms with Crippen LogP contribution in [0.1, 0.15) is 12.5 Å². The van der Waals surface area contributed by atoms with Gasteiger partial charge in [0.25, 0.3) is 0 Å². The van der Waals surface area contributed by atoms with Crippen molar-refractivity contribution < 1.29 is 13.9 Å². The Balaban J connectivity index is 1.50. The van der Waals surface area contributed by atoms with Gasteiger partial charge in [0.1, 0.15) is 11.6 Å². The lowest BCUT2D eigenvalue weighted by molar-refractivity contribution is 0.105. The van der Waals surface area contributed by atoms with Crippen LogP contribution in [0.2, 0.25) is 0 Å². The molecule has 0 radical (unpaired) electrons. The molecule has 2 aromatic rings. The molecule has 1 aromatic carbocycles. The fourth-order valence-electron chi connectivity index (χ4n) is 2.89. The Bertz CT molecular complexity index is 748. The summed E-state index contributed by atoms with van der Waals surface area (Å²) in [4.78, 5) is 24.4. The van der Waals surface area contributed by atoms with Gasteiger partial charge < -0.3 is 19.9 Å². The summed E-state index contributed by atoms with van der Waals surface area (Å²) in [5, 5.41) is 3.27. The Hall–Kier alpha value is -2.90. The van der Waals surface area contributed by atoms with Crippen LogP contribution >= 0.6 is 0 Å². The van der Waals surface area contributed by atoms with Gasteiger partial charge in [0, 0.05) is 38.9 Å². The smallest absolute Gasteiger partial charge is 0.409 e. The fourth-order valence-corrected chi connectivity index (χ4v) is 2.89. The number of piperazine rings is 1. The van der Waals surface area contributed by atoms with E-state index in [9.17, 15) is 9.18 Å². The number of carbonyl (C=O) groups excluding carboxylic acids is 1. The number of amides is 1. The Morgan fingerprint density at radius 3 is 2.63 bits per heavy atom. The lowest BCUT2D eigenvalue weighted by Gasteiger charge is -2.34. The molecule has 2 heterocycles. The van der Waals surface area contributed by atoms with E-state index in [0.717, 1.165) is 17.8 Å². The minimum absolute atomic E-state index is 0.227. The van der Waals surface area contributed by atoms with E-state index < -0.39 is 0 Å². The zero-order valence-corrected chi connectivity index (χ0v) is 15.4. The maximum absolute atomic E-state index is 12.9. The van der Waals surface area contributed by atoms with E-state index in [1.807, 2.05) is 6.07 Å². The Morgan fingerprint density at radius 2 is 1.93 bits per heavy atom. The van der Waals surface area contributed by atoms with Crippen molar-refractivity contribution in [2.45, 2.75) is 13.3 Å². The first-order valence-corrected chi connectivity index (χ1v) is 9.13. The van der Waals surface area contributed by atoms with Crippen molar-refractivity contribution in [1.29, 1.82) is 0 Å². The molecule has 0 saturated carbocycles. The molecule has 1 aliphatic heterocycles. The lowest BCUT2D eigenvalue weighted by Crippen LogP contribution is -2.49. The van der Waals surface area contributed by atoms with Crippen molar-refractivity contribution in [3.05, 3.63) is 47.9 Å². The highest BCUT2D eigenvalue weighted by Crippen LogP contribution is 2.14. The molecule has 1 aliphatic rings. The number of anilines is 2. The van der Waals surface area contributed by atoms with E-state index in [1.54, 1.807) is 30.2 Å². The molecule has 0 spiro atoms. The number of halogens is 1. The van der Waals surface area contributed by atoms with Gasteiger partial charge in [0.05, 0.1) is 6.61 Å². The van der Waals surface area contributed by atoms with Crippen molar-refractivity contribution in [2.75, 3.05) is 49.5 Å². The second-order valence-electron chi connectivity index (χ2n) is 6.22. The fraction of sp³-hybridized carbons (Fsp3) is 0.421. The average Bonchev–Trinajstić information content (AvgIpc) is 2.70. The molecule has 0 atom stereocenters. The standard InChI is InChI=1S/C19H24FN5O2/c1-2-27-19(26)25-13-11-24(12-14-25)18-22-10-8-17(23-18)21-9-7-15-3-5-16(20)6-4-15/h3-6,8,10H,2,7,9,11-14H2,1H3,(H,21,22,23). The maximum atomic E-state index is 12.9. The second kappa shape index (κ2) is 9.16. The van der Waals surface area contributed by atoms with Crippen molar-refractivity contribution in [3.63, 3.8) is 0 Å². The molecule has 1 fully saturated rings. The lowest BCUT2D eigenvalue weighted by atomic mass is 10.1. The summed E-state index contributed by atoms with van der Waals surface area (Å²) in [5.41, 5.74) is 1.06. The molecule has 7 nitrogen and oxygen atoms in total. The first-order valence-electron chi connectivity index (χ1n) is 9.13. The molecule has 8 heteroatoms. The van der Waals surface area contributed by atoms with Crippen LogP contribution in [-0.2, 0) is 11.2 Å². The first kappa shape index (κ1) is 18.9. The highest BCUT2D eigenvalue weighted by atomic mass is 19.1. The molecule has 0 bridgehead atoms. The van der Waals surface area contributed by atoms with Gasteiger partial charge >= 0.3 is 6.09 Å². The minimum atomic E-state index is -0.269. The van der Waals surface area contributed by atoms with Crippen molar-refractivity contribution in [1.82, 2.24) is 14.9 Å². The number of rotatable bonds is 6. The number of carbonyl (C=O) groups is 1. The monoisotopic (exact) mass is 373 g/mol. The van der Waals surface area contributed by atoms with Gasteiger partial charge in [0.15, 0.2) is 0 Å². The van der Waals surface area contributed by atoms with Gasteiger partial charge in [0.2, 0.25) is 5.95 Å². The summed E-state index contributed by atoms with van der Waals surface area (Å²) in [6.07, 6.45) is 2.23. The third-order valence-electron chi connectivity index (χ3n) is 4.36. The Morgan fingerprint density at radius 1 is 1.19 bits per heavy atom. The van der Waals surface area contributed by atoms with Crippen LogP contribution in [0, 0.1) is 5.82 Å². The molecule has 1 saturated heterocycles. The average molecular weight is 373 g/mol. The van der Waals surface area contributed by atoms with Gasteiger partial charge in [-0.1, -0.05) is 12.1 Å².